The standard InChI is InChI=1S/C9H15N3O5/c10-9(16)11-7(13)1-2-12-3-4-17-5-6(12)8(14)15/h6H,1-5H2,(H,14,15)(H3,10,11,13,16). The average molecular weight is 245 g/mol. The number of nitrogens with zero attached hydrogens (tertiary/aromatic N) is 1. The van der Waals surface area contributed by atoms with E-state index >= 15 is 0 Å². The molecule has 1 heterocycles. The molecule has 1 rings (SSSR count). The summed E-state index contributed by atoms with van der Waals surface area (Å²) in [5, 5.41) is 10.8. The zero-order chi connectivity index (χ0) is 12.8. The number of hydrogen-bond acceptors (Lipinski definition) is 5. The molecular weight excluding hydrogens is 230 g/mol. The van der Waals surface area contributed by atoms with Gasteiger partial charge in [0.15, 0.2) is 0 Å². The minimum atomic E-state index is -0.986. The molecule has 0 aromatic carbocycles. The first kappa shape index (κ1) is 13.4. The number of imide groups is 1. The van der Waals surface area contributed by atoms with Gasteiger partial charge in [-0.1, -0.05) is 0 Å². The van der Waals surface area contributed by atoms with Crippen molar-refractivity contribution >= 4 is 17.9 Å². The second-order valence-electron chi connectivity index (χ2n) is 3.63. The highest BCUT2D eigenvalue weighted by atomic mass is 16.5. The molecule has 0 aromatic heterocycles. The van der Waals surface area contributed by atoms with Gasteiger partial charge in [0.05, 0.1) is 13.2 Å². The zero-order valence-electron chi connectivity index (χ0n) is 9.22. The van der Waals surface area contributed by atoms with Crippen LogP contribution in [0.3, 0.4) is 0 Å². The van der Waals surface area contributed by atoms with Crippen molar-refractivity contribution < 1.29 is 24.2 Å². The lowest BCUT2D eigenvalue weighted by atomic mass is 10.2. The molecule has 0 radical (unpaired) electrons. The van der Waals surface area contributed by atoms with Crippen LogP contribution in [0.25, 0.3) is 0 Å². The van der Waals surface area contributed by atoms with Crippen molar-refractivity contribution in [1.82, 2.24) is 10.2 Å². The summed E-state index contributed by atoms with van der Waals surface area (Å²) < 4.78 is 5.05. The number of rotatable bonds is 4. The van der Waals surface area contributed by atoms with Gasteiger partial charge in [-0.05, 0) is 0 Å². The maximum Gasteiger partial charge on any atom is 0.323 e. The van der Waals surface area contributed by atoms with Crippen LogP contribution in [-0.4, -0.2) is 60.3 Å². The number of ether oxygens (including phenoxy) is 1. The lowest BCUT2D eigenvalue weighted by molar-refractivity contribution is -0.150. The Morgan fingerprint density at radius 2 is 2.18 bits per heavy atom. The van der Waals surface area contributed by atoms with Crippen molar-refractivity contribution in [2.45, 2.75) is 12.5 Å². The summed E-state index contributed by atoms with van der Waals surface area (Å²) in [6, 6.07) is -1.66. The van der Waals surface area contributed by atoms with Crippen LogP contribution in [0, 0.1) is 0 Å². The highest BCUT2D eigenvalue weighted by Gasteiger charge is 2.29. The van der Waals surface area contributed by atoms with E-state index in [0.717, 1.165) is 0 Å². The molecule has 8 nitrogen and oxygen atoms in total. The molecule has 17 heavy (non-hydrogen) atoms. The first-order chi connectivity index (χ1) is 8.00. The SMILES string of the molecule is NC(=O)NC(=O)CCN1CCOCC1C(=O)O. The second-order valence-corrected chi connectivity index (χ2v) is 3.63. The zero-order valence-corrected chi connectivity index (χ0v) is 9.22. The molecular formula is C9H15N3O5. The van der Waals surface area contributed by atoms with Gasteiger partial charge in [-0.2, -0.15) is 0 Å². The van der Waals surface area contributed by atoms with E-state index in [1.807, 2.05) is 5.32 Å². The molecule has 1 fully saturated rings. The van der Waals surface area contributed by atoms with Gasteiger partial charge in [-0.3, -0.25) is 19.8 Å². The van der Waals surface area contributed by atoms with Gasteiger partial charge in [0.1, 0.15) is 6.04 Å². The lowest BCUT2D eigenvalue weighted by Gasteiger charge is -2.32. The Kier molecular flexibility index (Phi) is 4.85. The van der Waals surface area contributed by atoms with E-state index in [0.29, 0.717) is 13.2 Å². The molecule has 4 N–H and O–H groups in total. The molecule has 8 heteroatoms. The molecule has 1 unspecified atom stereocenters. The molecule has 1 aliphatic heterocycles. The van der Waals surface area contributed by atoms with E-state index in [9.17, 15) is 14.4 Å². The third-order valence-electron chi connectivity index (χ3n) is 2.41. The average Bonchev–Trinajstić information content (AvgIpc) is 2.25. The van der Waals surface area contributed by atoms with Gasteiger partial charge in [0.2, 0.25) is 5.91 Å². The Morgan fingerprint density at radius 3 is 2.76 bits per heavy atom. The summed E-state index contributed by atoms with van der Waals surface area (Å²) in [4.78, 5) is 34.1. The largest absolute Gasteiger partial charge is 0.480 e. The number of urea groups is 1. The summed E-state index contributed by atoms with van der Waals surface area (Å²) in [5.74, 6) is -1.51. The quantitative estimate of drug-likeness (QED) is 0.546. The highest BCUT2D eigenvalue weighted by molar-refractivity contribution is 5.93. The number of aliphatic carboxylic acids is 1. The molecule has 0 aromatic rings. The van der Waals surface area contributed by atoms with E-state index < -0.39 is 23.9 Å². The van der Waals surface area contributed by atoms with Crippen LogP contribution in [0.5, 0.6) is 0 Å². The van der Waals surface area contributed by atoms with Crippen LogP contribution in [0.2, 0.25) is 0 Å². The van der Waals surface area contributed by atoms with Crippen LogP contribution in [0.4, 0.5) is 4.79 Å². The van der Waals surface area contributed by atoms with Crippen LogP contribution in [0.1, 0.15) is 6.42 Å². The summed E-state index contributed by atoms with van der Waals surface area (Å²) in [7, 11) is 0. The maximum atomic E-state index is 11.2. The van der Waals surface area contributed by atoms with Crippen LogP contribution < -0.4 is 11.1 Å². The van der Waals surface area contributed by atoms with Crippen molar-refractivity contribution in [2.24, 2.45) is 5.73 Å². The van der Waals surface area contributed by atoms with Gasteiger partial charge in [-0.25, -0.2) is 4.79 Å². The highest BCUT2D eigenvalue weighted by Crippen LogP contribution is 2.07. The van der Waals surface area contributed by atoms with Gasteiger partial charge in [-0.15, -0.1) is 0 Å². The monoisotopic (exact) mass is 245 g/mol. The van der Waals surface area contributed by atoms with Gasteiger partial charge < -0.3 is 15.6 Å². The Bertz CT molecular complexity index is 320. The Hall–Kier alpha value is -1.67. The molecule has 0 bridgehead atoms. The summed E-state index contributed by atoms with van der Waals surface area (Å²) in [6.45, 7) is 1.23. The Morgan fingerprint density at radius 1 is 1.47 bits per heavy atom. The summed E-state index contributed by atoms with van der Waals surface area (Å²) in [6.07, 6.45) is 0.0206. The molecule has 3 amide bonds. The van der Waals surface area contributed by atoms with Crippen molar-refractivity contribution in [2.75, 3.05) is 26.3 Å². The number of primary amides is 1. The number of carbonyl (C=O) groups is 3. The van der Waals surface area contributed by atoms with Crippen LogP contribution in [-0.2, 0) is 14.3 Å². The van der Waals surface area contributed by atoms with E-state index in [1.54, 1.807) is 4.90 Å². The fourth-order valence-electron chi connectivity index (χ4n) is 1.58. The first-order valence-electron chi connectivity index (χ1n) is 5.14. The Labute approximate surface area is 97.7 Å². The van der Waals surface area contributed by atoms with Crippen molar-refractivity contribution in [1.29, 1.82) is 0 Å². The smallest absolute Gasteiger partial charge is 0.323 e. The van der Waals surface area contributed by atoms with E-state index in [4.69, 9.17) is 15.6 Å². The number of carboxylic acid groups (broad SMARTS) is 1. The molecule has 1 aliphatic rings. The normalized spacial score (nSPS) is 20.8. The lowest BCUT2D eigenvalue weighted by Crippen LogP contribution is -2.51. The minimum Gasteiger partial charge on any atom is -0.480 e. The van der Waals surface area contributed by atoms with Crippen molar-refractivity contribution in [3.05, 3.63) is 0 Å². The molecule has 0 saturated carbocycles. The summed E-state index contributed by atoms with van der Waals surface area (Å²) in [5.41, 5.74) is 4.78. The number of amides is 3. The molecule has 0 aliphatic carbocycles. The van der Waals surface area contributed by atoms with Gasteiger partial charge >= 0.3 is 12.0 Å². The Balaban J connectivity index is 2.40. The van der Waals surface area contributed by atoms with Crippen LogP contribution >= 0.6 is 0 Å². The minimum absolute atomic E-state index is 0.0206. The van der Waals surface area contributed by atoms with Gasteiger partial charge in [0.25, 0.3) is 0 Å². The molecule has 0 spiro atoms. The van der Waals surface area contributed by atoms with Gasteiger partial charge in [0, 0.05) is 19.5 Å². The predicted molar refractivity (Wildman–Crippen MR) is 56.2 cm³/mol. The summed E-state index contributed by atoms with van der Waals surface area (Å²) >= 11 is 0. The fourth-order valence-corrected chi connectivity index (χ4v) is 1.58. The third kappa shape index (κ3) is 4.37. The van der Waals surface area contributed by atoms with E-state index in [1.165, 1.54) is 0 Å². The second kappa shape index (κ2) is 6.16. The van der Waals surface area contributed by atoms with E-state index in [2.05, 4.69) is 0 Å². The number of hydrogen-bond donors (Lipinski definition) is 3. The van der Waals surface area contributed by atoms with Crippen molar-refractivity contribution in [3.8, 4) is 0 Å². The topological polar surface area (TPSA) is 122 Å². The predicted octanol–water partition coefficient (Wildman–Crippen LogP) is -1.64. The number of carbonyl (C=O) groups excluding carboxylic acids is 2. The number of nitrogens with one attached hydrogen (secondary N) is 1. The molecule has 1 saturated heterocycles. The van der Waals surface area contributed by atoms with Crippen LogP contribution in [0.15, 0.2) is 0 Å². The number of morpholine rings is 1. The number of carboxylic acids is 1. The fraction of sp³-hybridized carbons (Fsp3) is 0.667. The first-order valence-corrected chi connectivity index (χ1v) is 5.14. The third-order valence-corrected chi connectivity index (χ3v) is 2.41. The van der Waals surface area contributed by atoms with Crippen molar-refractivity contribution in [3.63, 3.8) is 0 Å². The molecule has 1 atom stereocenters. The number of nitrogens with two attached hydrogens (primary N) is 1. The maximum absolute atomic E-state index is 11.2. The van der Waals surface area contributed by atoms with E-state index in [-0.39, 0.29) is 19.6 Å². The molecule has 96 valence electrons.